The summed E-state index contributed by atoms with van der Waals surface area (Å²) < 4.78 is 96.1. The first-order valence-corrected chi connectivity index (χ1v) is 14.3. The summed E-state index contributed by atoms with van der Waals surface area (Å²) in [4.78, 5) is 12.6. The molecule has 0 aliphatic carbocycles. The largest absolute Gasteiger partial charge is 0.435 e. The molecule has 3 N–H and O–H groups in total. The number of ether oxygens (including phenoxy) is 1. The van der Waals surface area contributed by atoms with Crippen molar-refractivity contribution in [1.29, 1.82) is 0 Å². The molecule has 1 saturated heterocycles. The fourth-order valence-electron chi connectivity index (χ4n) is 4.41. The van der Waals surface area contributed by atoms with E-state index in [4.69, 9.17) is 9.26 Å². The van der Waals surface area contributed by atoms with E-state index in [1.807, 2.05) is 0 Å². The maximum atomic E-state index is 15.0. The van der Waals surface area contributed by atoms with Gasteiger partial charge in [-0.15, -0.1) is 0 Å². The van der Waals surface area contributed by atoms with Gasteiger partial charge in [0.1, 0.15) is 28.6 Å². The molecule has 5 rings (SSSR count). The second kappa shape index (κ2) is 11.5. The van der Waals surface area contributed by atoms with Gasteiger partial charge in [0, 0.05) is 50.1 Å². The molecule has 4 heterocycles. The van der Waals surface area contributed by atoms with Gasteiger partial charge in [-0.3, -0.25) is 4.72 Å². The van der Waals surface area contributed by atoms with E-state index in [1.54, 1.807) is 10.8 Å². The number of anilines is 2. The zero-order valence-corrected chi connectivity index (χ0v) is 23.1. The van der Waals surface area contributed by atoms with E-state index in [-0.39, 0.29) is 47.8 Å². The normalized spacial score (nSPS) is 19.0. The summed E-state index contributed by atoms with van der Waals surface area (Å²) >= 11 is 0. The molecule has 1 aromatic carbocycles. The average molecular weight is 608 g/mol. The Kier molecular flexibility index (Phi) is 8.01. The molecule has 1 unspecified atom stereocenters. The summed E-state index contributed by atoms with van der Waals surface area (Å²) in [7, 11) is -4.39. The summed E-state index contributed by atoms with van der Waals surface area (Å²) in [5.74, 6) is -6.29. The van der Waals surface area contributed by atoms with Crippen molar-refractivity contribution in [2.24, 2.45) is 0 Å². The lowest BCUT2D eigenvalue weighted by Crippen LogP contribution is -2.50. The van der Waals surface area contributed by atoms with Crippen molar-refractivity contribution >= 4 is 21.7 Å². The smallest absolute Gasteiger partial charge is 0.238 e. The lowest BCUT2D eigenvalue weighted by atomic mass is 9.95. The molecule has 2 atom stereocenters. The molecule has 4 aromatic rings. The zero-order chi connectivity index (χ0) is 30.1. The molecule has 1 aliphatic heterocycles. The minimum absolute atomic E-state index is 0.0108. The van der Waals surface area contributed by atoms with Gasteiger partial charge >= 0.3 is 0 Å². The van der Waals surface area contributed by atoms with E-state index >= 15 is 4.39 Å². The zero-order valence-electron chi connectivity index (χ0n) is 22.3. The van der Waals surface area contributed by atoms with Crippen LogP contribution in [0.3, 0.4) is 0 Å². The number of piperidine rings is 1. The number of nitrogens with zero attached hydrogens (tertiary/aromatic N) is 4. The minimum Gasteiger partial charge on any atom is -0.435 e. The molecule has 16 heteroatoms. The fourth-order valence-corrected chi connectivity index (χ4v) is 5.51. The van der Waals surface area contributed by atoms with E-state index in [9.17, 15) is 21.6 Å². The summed E-state index contributed by atoms with van der Waals surface area (Å²) in [5, 5.41) is 9.60. The topological polar surface area (TPSA) is 144 Å². The Labute approximate surface area is 237 Å². The van der Waals surface area contributed by atoms with Crippen LogP contribution in [0.25, 0.3) is 11.3 Å². The van der Waals surface area contributed by atoms with Crippen LogP contribution in [0.2, 0.25) is 0 Å². The van der Waals surface area contributed by atoms with Crippen LogP contribution in [-0.4, -0.2) is 53.3 Å². The van der Waals surface area contributed by atoms with Crippen LogP contribution in [0.15, 0.2) is 47.2 Å². The highest BCUT2D eigenvalue weighted by Crippen LogP contribution is 2.36. The second-order valence-corrected chi connectivity index (χ2v) is 11.7. The van der Waals surface area contributed by atoms with Gasteiger partial charge in [-0.25, -0.2) is 36.5 Å². The van der Waals surface area contributed by atoms with Crippen molar-refractivity contribution in [1.82, 2.24) is 25.4 Å². The highest BCUT2D eigenvalue weighted by molar-refractivity contribution is 7.91. The second-order valence-electron chi connectivity index (χ2n) is 9.96. The first kappa shape index (κ1) is 29.2. The lowest BCUT2D eigenvalue weighted by Gasteiger charge is -2.33. The van der Waals surface area contributed by atoms with Gasteiger partial charge in [-0.2, -0.15) is 4.39 Å². The van der Waals surface area contributed by atoms with Gasteiger partial charge in [0.15, 0.2) is 17.4 Å². The van der Waals surface area contributed by atoms with Gasteiger partial charge in [-0.1, -0.05) is 5.16 Å². The number of nitrogens with one attached hydrogen (secondary N) is 3. The number of pyridine rings is 1. The molecular formula is C26H25F4N7O4S. The predicted octanol–water partition coefficient (Wildman–Crippen LogP) is 4.49. The monoisotopic (exact) mass is 607 g/mol. The van der Waals surface area contributed by atoms with Crippen molar-refractivity contribution in [3.63, 3.8) is 0 Å². The summed E-state index contributed by atoms with van der Waals surface area (Å²) in [6.07, 6.45) is 2.98. The van der Waals surface area contributed by atoms with E-state index < -0.39 is 50.3 Å². The van der Waals surface area contributed by atoms with Crippen molar-refractivity contribution in [3.05, 3.63) is 71.6 Å². The quantitative estimate of drug-likeness (QED) is 0.184. The number of alkyl halides is 1. The Morgan fingerprint density at radius 1 is 1.17 bits per heavy atom. The number of hydrogen-bond donors (Lipinski definition) is 3. The SMILES string of the molecule is Cc1cc(CS(=O)(=O)Nc2c(F)cc(Oc3ncccc3-c3ccnc(NC4CNC[C@@](C)(F)C4)n3)c(F)c2F)no1. The highest BCUT2D eigenvalue weighted by atomic mass is 32.2. The molecule has 11 nitrogen and oxygen atoms in total. The highest BCUT2D eigenvalue weighted by Gasteiger charge is 2.32. The van der Waals surface area contributed by atoms with Gasteiger partial charge < -0.3 is 19.9 Å². The maximum Gasteiger partial charge on any atom is 0.238 e. The van der Waals surface area contributed by atoms with Crippen LogP contribution in [0.4, 0.5) is 29.2 Å². The van der Waals surface area contributed by atoms with Crippen LogP contribution >= 0.6 is 0 Å². The van der Waals surface area contributed by atoms with Gasteiger partial charge in [0.2, 0.25) is 27.7 Å². The van der Waals surface area contributed by atoms with Crippen LogP contribution in [0.1, 0.15) is 24.8 Å². The number of hydrogen-bond acceptors (Lipinski definition) is 10. The van der Waals surface area contributed by atoms with E-state index in [0.29, 0.717) is 18.4 Å². The molecule has 0 amide bonds. The standard InChI is InChI=1S/C26H25F4N7O4S/c1-14-8-15(36-41-14)12-42(38,39)37-23-18(27)9-20(21(28)22(23)29)40-24-17(4-3-6-32-24)19-5-7-33-25(35-19)34-16-10-26(2,30)13-31-11-16/h3-9,16,31,37H,10-13H2,1-2H3,(H,33,34,35)/t16?,26-/m0/s1. The Morgan fingerprint density at radius 2 is 1.98 bits per heavy atom. The Balaban J connectivity index is 1.37. The molecule has 42 heavy (non-hydrogen) atoms. The molecule has 3 aromatic heterocycles. The van der Waals surface area contributed by atoms with Gasteiger partial charge in [-0.05, 0) is 32.0 Å². The third kappa shape index (κ3) is 6.76. The van der Waals surface area contributed by atoms with Crippen LogP contribution in [0.5, 0.6) is 11.6 Å². The van der Waals surface area contributed by atoms with Crippen molar-refractivity contribution in [3.8, 4) is 22.9 Å². The first-order chi connectivity index (χ1) is 19.9. The average Bonchev–Trinajstić information content (AvgIpc) is 3.33. The fraction of sp³-hybridized carbons (Fsp3) is 0.308. The number of sulfonamides is 1. The molecule has 0 spiro atoms. The first-order valence-electron chi connectivity index (χ1n) is 12.6. The number of aryl methyl sites for hydroxylation is 1. The molecule has 0 bridgehead atoms. The molecule has 0 radical (unpaired) electrons. The Hall–Kier alpha value is -4.31. The van der Waals surface area contributed by atoms with E-state index in [0.717, 1.165) is 0 Å². The number of rotatable bonds is 9. The number of aromatic nitrogens is 4. The van der Waals surface area contributed by atoms with E-state index in [1.165, 1.54) is 44.4 Å². The van der Waals surface area contributed by atoms with Crippen LogP contribution in [0, 0.1) is 24.4 Å². The Morgan fingerprint density at radius 3 is 2.71 bits per heavy atom. The third-order valence-electron chi connectivity index (χ3n) is 6.20. The van der Waals surface area contributed by atoms with Gasteiger partial charge in [0.25, 0.3) is 0 Å². The van der Waals surface area contributed by atoms with Crippen molar-refractivity contribution in [2.75, 3.05) is 23.1 Å². The summed E-state index contributed by atoms with van der Waals surface area (Å²) in [6, 6.07) is 6.13. The maximum absolute atomic E-state index is 15.0. The van der Waals surface area contributed by atoms with Crippen molar-refractivity contribution < 1.29 is 35.2 Å². The van der Waals surface area contributed by atoms with E-state index in [2.05, 4.69) is 30.7 Å². The molecule has 1 aliphatic rings. The minimum atomic E-state index is -4.39. The molecule has 1 fully saturated rings. The summed E-state index contributed by atoms with van der Waals surface area (Å²) in [6.45, 7) is 3.76. The third-order valence-corrected chi connectivity index (χ3v) is 7.39. The molecular weight excluding hydrogens is 582 g/mol. The molecule has 0 saturated carbocycles. The molecule has 222 valence electrons. The number of benzene rings is 1. The Bertz CT molecular complexity index is 1720. The lowest BCUT2D eigenvalue weighted by molar-refractivity contribution is 0.137. The van der Waals surface area contributed by atoms with Gasteiger partial charge in [0.05, 0.1) is 11.3 Å². The summed E-state index contributed by atoms with van der Waals surface area (Å²) in [5.41, 5.74) is -2.14. The predicted molar refractivity (Wildman–Crippen MR) is 144 cm³/mol. The number of halogens is 4. The van der Waals surface area contributed by atoms with Crippen LogP contribution in [-0.2, 0) is 15.8 Å². The van der Waals surface area contributed by atoms with Crippen molar-refractivity contribution in [2.45, 2.75) is 37.7 Å². The van der Waals surface area contributed by atoms with Crippen LogP contribution < -0.4 is 20.1 Å².